The molecular weight excluding hydrogens is 556 g/mol. The van der Waals surface area contributed by atoms with E-state index in [1.807, 2.05) is 0 Å². The Labute approximate surface area is 200 Å². The summed E-state index contributed by atoms with van der Waals surface area (Å²) in [6, 6.07) is 3.64. The van der Waals surface area contributed by atoms with E-state index in [0.717, 1.165) is 34.4 Å². The molecule has 0 heterocycles. The van der Waals surface area contributed by atoms with Gasteiger partial charge in [-0.3, -0.25) is 0 Å². The molecule has 0 aromatic carbocycles. The summed E-state index contributed by atoms with van der Waals surface area (Å²) in [4.78, 5) is 115. The molecule has 0 bridgehead atoms. The van der Waals surface area contributed by atoms with Crippen LogP contribution in [0.1, 0.15) is 12.8 Å². The molecule has 20 heteroatoms. The van der Waals surface area contributed by atoms with E-state index < -0.39 is 65.0 Å². The molecule has 14 nitrogen and oxygen atoms in total. The van der Waals surface area contributed by atoms with Gasteiger partial charge >= 0.3 is 200 Å². The first kappa shape index (κ1) is 34.6. The van der Waals surface area contributed by atoms with E-state index in [-0.39, 0.29) is 13.1 Å². The van der Waals surface area contributed by atoms with E-state index in [1.165, 1.54) is 9.80 Å². The van der Waals surface area contributed by atoms with Crippen LogP contribution in [-0.4, -0.2) is 125 Å². The van der Waals surface area contributed by atoms with Crippen molar-refractivity contribution in [2.24, 2.45) is 0 Å². The molecule has 0 aromatic heterocycles. The monoisotopic (exact) mass is 602 g/mol. The van der Waals surface area contributed by atoms with Crippen molar-refractivity contribution in [3.8, 4) is 0 Å². The molecule has 0 unspecified atom stereocenters. The number of hydrogen-bond acceptors (Lipinski definition) is 14. The molecule has 208 valence electrons. The van der Waals surface area contributed by atoms with Crippen LogP contribution in [0.2, 0.25) is 30.7 Å². The Morgan fingerprint density at radius 2 is 0.818 bits per heavy atom. The van der Waals surface area contributed by atoms with E-state index in [2.05, 4.69) is 6.55 Å². The van der Waals surface area contributed by atoms with Gasteiger partial charge in [0.25, 0.3) is 0 Å². The van der Waals surface area contributed by atoms with Crippen LogP contribution >= 0.6 is 31.8 Å². The van der Waals surface area contributed by atoms with Crippen LogP contribution in [0.4, 0.5) is 0 Å². The van der Waals surface area contributed by atoms with Crippen molar-refractivity contribution in [2.45, 2.75) is 43.6 Å². The molecule has 0 spiro atoms. The fourth-order valence-corrected chi connectivity index (χ4v) is 15.6. The van der Waals surface area contributed by atoms with Crippen LogP contribution in [0.3, 0.4) is 0 Å². The number of rotatable bonds is 18. The summed E-state index contributed by atoms with van der Waals surface area (Å²) in [5, 5.41) is 0. The van der Waals surface area contributed by atoms with Crippen molar-refractivity contribution in [3.05, 3.63) is 0 Å². The Balaban J connectivity index is 4.97. The molecule has 0 rings (SSSR count). The van der Waals surface area contributed by atoms with Gasteiger partial charge in [-0.1, -0.05) is 0 Å². The quantitative estimate of drug-likeness (QED) is 0.0551. The van der Waals surface area contributed by atoms with Gasteiger partial charge in [0, 0.05) is 0 Å². The van der Waals surface area contributed by atoms with Gasteiger partial charge in [0.05, 0.1) is 0 Å². The Hall–Kier alpha value is 1.59. The first-order valence-electron chi connectivity index (χ1n) is 10.8. The number of hydrogen-bond donors (Lipinski definition) is 12. The van der Waals surface area contributed by atoms with Gasteiger partial charge < -0.3 is 0 Å². The Morgan fingerprint density at radius 3 is 1.03 bits per heavy atom. The van der Waals surface area contributed by atoms with Crippen LogP contribution in [-0.2, 0) is 0 Å². The third kappa shape index (κ3) is 21.4. The van der Waals surface area contributed by atoms with E-state index in [4.69, 9.17) is 0 Å². The van der Waals surface area contributed by atoms with Crippen molar-refractivity contribution < 1.29 is 58.7 Å². The zero-order chi connectivity index (χ0) is 26.1. The summed E-state index contributed by atoms with van der Waals surface area (Å²) in [5.41, 5.74) is 0. The van der Waals surface area contributed by atoms with Crippen molar-refractivity contribution in [1.29, 1.82) is 0 Å². The molecule has 0 aliphatic heterocycles. The maximum absolute atomic E-state index is 9.34. The van der Waals surface area contributed by atoms with Crippen molar-refractivity contribution >= 4 is 50.1 Å². The second kappa shape index (κ2) is 14.5. The Morgan fingerprint density at radius 1 is 0.545 bits per heavy atom. The SMILES string of the molecule is C[Si](CC[SiH3])(CCCN(C[PH](O)(O)O)C[PH](O)(O)O)CCCN(C[PH](O)(O)O)C[PH](O)(O)O. The number of nitrogens with zero attached hydrogens (tertiary/aromatic N) is 2. The molecule has 0 saturated heterocycles. The molecule has 12 N–H and O–H groups in total. The Bertz CT molecular complexity index is 485. The van der Waals surface area contributed by atoms with Gasteiger partial charge in [-0.2, -0.15) is 0 Å². The van der Waals surface area contributed by atoms with Crippen LogP contribution in [0, 0.1) is 0 Å². The summed E-state index contributed by atoms with van der Waals surface area (Å²) in [6.45, 7) is 2.60. The van der Waals surface area contributed by atoms with Gasteiger partial charge in [0.15, 0.2) is 0 Å². The van der Waals surface area contributed by atoms with Gasteiger partial charge in [0.1, 0.15) is 0 Å². The van der Waals surface area contributed by atoms with Gasteiger partial charge in [-0.05, 0) is 0 Å². The second-order valence-electron chi connectivity index (χ2n) is 9.29. The average Bonchev–Trinajstić information content (AvgIpc) is 2.48. The fourth-order valence-electron chi connectivity index (χ4n) is 4.07. The second-order valence-corrected chi connectivity index (χ2v) is 22.9. The Kier molecular flexibility index (Phi) is 15.2. The topological polar surface area (TPSA) is 249 Å². The normalized spacial score (nSPS) is 18.0. The van der Waals surface area contributed by atoms with Crippen molar-refractivity contribution in [3.63, 3.8) is 0 Å². The summed E-state index contributed by atoms with van der Waals surface area (Å²) in [7, 11) is -18.8. The van der Waals surface area contributed by atoms with E-state index >= 15 is 0 Å². The molecular formula is C13H46N2O12P4Si2. The summed E-state index contributed by atoms with van der Waals surface area (Å²) >= 11 is 0. The van der Waals surface area contributed by atoms with Crippen LogP contribution in [0.5, 0.6) is 0 Å². The van der Waals surface area contributed by atoms with Crippen LogP contribution < -0.4 is 0 Å². The van der Waals surface area contributed by atoms with Crippen LogP contribution in [0.15, 0.2) is 0 Å². The van der Waals surface area contributed by atoms with Gasteiger partial charge in [-0.25, -0.2) is 0 Å². The minimum atomic E-state index is -4.49. The summed E-state index contributed by atoms with van der Waals surface area (Å²) in [6.07, 6.45) is -1.10. The molecule has 0 aliphatic carbocycles. The average molecular weight is 603 g/mol. The van der Waals surface area contributed by atoms with E-state index in [1.54, 1.807) is 0 Å². The summed E-state index contributed by atoms with van der Waals surface area (Å²) < 4.78 is 0. The molecule has 0 aromatic rings. The third-order valence-electron chi connectivity index (χ3n) is 5.11. The van der Waals surface area contributed by atoms with Gasteiger partial charge in [0.2, 0.25) is 0 Å². The maximum atomic E-state index is 9.34. The van der Waals surface area contributed by atoms with Gasteiger partial charge in [-0.15, -0.1) is 0 Å². The molecule has 0 radical (unpaired) electrons. The van der Waals surface area contributed by atoms with Crippen molar-refractivity contribution in [1.82, 2.24) is 9.80 Å². The first-order chi connectivity index (χ1) is 14.6. The van der Waals surface area contributed by atoms with Crippen LogP contribution in [0.25, 0.3) is 0 Å². The zero-order valence-corrected chi connectivity index (χ0v) is 26.2. The fraction of sp³-hybridized carbons (Fsp3) is 1.00. The standard InChI is InChI=1S/C13H46N2O12P4Si2/c1-33(9-6-32,7-2-4-14(10-28(16,17)18)11-29(19,20)21)8-3-5-15(12-30(22,23)24)13-31(25,26)27/h16-31H,2-13H2,1,32H3. The van der Waals surface area contributed by atoms with Crippen molar-refractivity contribution in [2.75, 3.05) is 38.2 Å². The van der Waals surface area contributed by atoms with E-state index in [0.29, 0.717) is 12.8 Å². The minimum absolute atomic E-state index is 0.212. The predicted molar refractivity (Wildman–Crippen MR) is 143 cm³/mol. The molecule has 0 atom stereocenters. The molecule has 0 saturated carbocycles. The summed E-state index contributed by atoms with van der Waals surface area (Å²) in [5.74, 6) is 0. The predicted octanol–water partition coefficient (Wildman–Crippen LogP) is -3.05. The molecule has 0 amide bonds. The molecule has 0 fully saturated rings. The first-order valence-corrected chi connectivity index (χ1v) is 23.5. The molecule has 0 aliphatic rings. The van der Waals surface area contributed by atoms with E-state index in [9.17, 15) is 58.7 Å². The molecule has 33 heavy (non-hydrogen) atoms. The zero-order valence-electron chi connectivity index (χ0n) is 19.2. The third-order valence-corrected chi connectivity index (χ3v) is 14.9.